The van der Waals surface area contributed by atoms with Gasteiger partial charge in [0.25, 0.3) is 0 Å². The van der Waals surface area contributed by atoms with Crippen LogP contribution in [0.2, 0.25) is 0 Å². The van der Waals surface area contributed by atoms with Gasteiger partial charge in [0, 0.05) is 12.6 Å². The van der Waals surface area contributed by atoms with Gasteiger partial charge < -0.3 is 20.7 Å². The summed E-state index contributed by atoms with van der Waals surface area (Å²) < 4.78 is 39.2. The zero-order valence-electron chi connectivity index (χ0n) is 13.0. The highest BCUT2D eigenvalue weighted by Gasteiger charge is 2.30. The highest BCUT2D eigenvalue weighted by molar-refractivity contribution is 5.89. The summed E-state index contributed by atoms with van der Waals surface area (Å²) in [6.45, 7) is 1.71. The molecular formula is C14H14F3N5O3. The second-order valence-electron chi connectivity index (χ2n) is 5.03. The van der Waals surface area contributed by atoms with Gasteiger partial charge in [0.2, 0.25) is 0 Å². The lowest BCUT2D eigenvalue weighted by Crippen LogP contribution is -2.31. The lowest BCUT2D eigenvalue weighted by atomic mass is 10.2. The number of aromatic nitrogens is 2. The van der Waals surface area contributed by atoms with Crippen LogP contribution in [0.5, 0.6) is 0 Å². The fraction of sp³-hybridized carbons (Fsp3) is 0.286. The van der Waals surface area contributed by atoms with Crippen molar-refractivity contribution in [3.8, 4) is 0 Å². The third kappa shape index (κ3) is 4.68. The van der Waals surface area contributed by atoms with Gasteiger partial charge >= 0.3 is 18.0 Å². The van der Waals surface area contributed by atoms with Crippen molar-refractivity contribution in [1.29, 1.82) is 0 Å². The Hall–Kier alpha value is -3.11. The lowest BCUT2D eigenvalue weighted by Gasteiger charge is -2.10. The average Bonchev–Trinajstić information content (AvgIpc) is 2.88. The highest BCUT2D eigenvalue weighted by atomic mass is 19.4. The third-order valence-electron chi connectivity index (χ3n) is 3.29. The second kappa shape index (κ2) is 7.20. The van der Waals surface area contributed by atoms with Crippen LogP contribution in [0.15, 0.2) is 30.5 Å². The number of aryl methyl sites for hydroxylation is 1. The number of halogens is 3. The maximum atomic E-state index is 12.6. The van der Waals surface area contributed by atoms with Gasteiger partial charge in [0.1, 0.15) is 12.7 Å². The SMILES string of the molecule is Cc1ncc([N+](=O)[O-])n1CCNC(=O)Nc1cccc(C(F)(F)F)c1. The Morgan fingerprint density at radius 1 is 1.40 bits per heavy atom. The van der Waals surface area contributed by atoms with Crippen molar-refractivity contribution in [3.05, 3.63) is 52.0 Å². The molecule has 0 fully saturated rings. The Bertz CT molecular complexity index is 788. The number of hydrogen-bond acceptors (Lipinski definition) is 4. The van der Waals surface area contributed by atoms with Gasteiger partial charge in [-0.05, 0) is 23.1 Å². The number of anilines is 1. The van der Waals surface area contributed by atoms with E-state index in [1.807, 2.05) is 0 Å². The minimum absolute atomic E-state index is 0.0166. The van der Waals surface area contributed by atoms with Crippen LogP contribution < -0.4 is 10.6 Å². The summed E-state index contributed by atoms with van der Waals surface area (Å²) in [7, 11) is 0. The predicted molar refractivity (Wildman–Crippen MR) is 82.1 cm³/mol. The molecule has 25 heavy (non-hydrogen) atoms. The first-order chi connectivity index (χ1) is 11.7. The first-order valence-corrected chi connectivity index (χ1v) is 7.07. The normalized spacial score (nSPS) is 11.2. The molecule has 1 aromatic carbocycles. The van der Waals surface area contributed by atoms with Gasteiger partial charge in [-0.15, -0.1) is 0 Å². The van der Waals surface area contributed by atoms with Crippen molar-refractivity contribution in [2.24, 2.45) is 0 Å². The van der Waals surface area contributed by atoms with E-state index in [1.165, 1.54) is 16.7 Å². The van der Waals surface area contributed by atoms with E-state index in [-0.39, 0.29) is 24.6 Å². The number of nitrogens with one attached hydrogen (secondary N) is 2. The van der Waals surface area contributed by atoms with E-state index in [2.05, 4.69) is 15.6 Å². The van der Waals surface area contributed by atoms with Crippen molar-refractivity contribution >= 4 is 17.5 Å². The molecule has 8 nitrogen and oxygen atoms in total. The number of rotatable bonds is 5. The van der Waals surface area contributed by atoms with Gasteiger partial charge in [0.15, 0.2) is 5.82 Å². The largest absolute Gasteiger partial charge is 0.416 e. The van der Waals surface area contributed by atoms with Crippen LogP contribution in [0.1, 0.15) is 11.4 Å². The molecule has 134 valence electrons. The molecule has 2 amide bonds. The summed E-state index contributed by atoms with van der Waals surface area (Å²) >= 11 is 0. The van der Waals surface area contributed by atoms with E-state index in [9.17, 15) is 28.1 Å². The summed E-state index contributed by atoms with van der Waals surface area (Å²) in [5.74, 6) is 0.198. The fourth-order valence-electron chi connectivity index (χ4n) is 2.11. The third-order valence-corrected chi connectivity index (χ3v) is 3.29. The first kappa shape index (κ1) is 18.2. The van der Waals surface area contributed by atoms with Crippen LogP contribution >= 0.6 is 0 Å². The van der Waals surface area contributed by atoms with E-state index in [0.29, 0.717) is 5.82 Å². The number of carbonyl (C=O) groups excluding carboxylic acids is 1. The van der Waals surface area contributed by atoms with Crippen molar-refractivity contribution in [2.45, 2.75) is 19.6 Å². The number of urea groups is 1. The molecule has 0 saturated heterocycles. The van der Waals surface area contributed by atoms with E-state index < -0.39 is 22.7 Å². The molecule has 0 aliphatic heterocycles. The van der Waals surface area contributed by atoms with E-state index in [0.717, 1.165) is 18.3 Å². The minimum Gasteiger partial charge on any atom is -0.358 e. The molecule has 0 saturated carbocycles. The van der Waals surface area contributed by atoms with Crippen LogP contribution in [0, 0.1) is 17.0 Å². The van der Waals surface area contributed by atoms with Crippen LogP contribution in [-0.4, -0.2) is 27.1 Å². The van der Waals surface area contributed by atoms with Crippen molar-refractivity contribution < 1.29 is 22.9 Å². The quantitative estimate of drug-likeness (QED) is 0.634. The molecule has 0 unspecified atom stereocenters. The van der Waals surface area contributed by atoms with Gasteiger partial charge in [-0.1, -0.05) is 6.07 Å². The molecule has 2 aromatic rings. The molecule has 1 aromatic heterocycles. The number of nitro groups is 1. The standard InChI is InChI=1S/C14H14F3N5O3/c1-9-19-8-12(22(24)25)21(9)6-5-18-13(23)20-11-4-2-3-10(7-11)14(15,16)17/h2-4,7-8H,5-6H2,1H3,(H2,18,20,23). The molecule has 0 aliphatic rings. The summed E-state index contributed by atoms with van der Waals surface area (Å²) in [6, 6.07) is 3.48. The zero-order chi connectivity index (χ0) is 18.6. The molecule has 2 rings (SSSR count). The molecule has 0 aliphatic carbocycles. The summed E-state index contributed by atoms with van der Waals surface area (Å²) in [5, 5.41) is 15.5. The smallest absolute Gasteiger partial charge is 0.358 e. The molecule has 0 radical (unpaired) electrons. The van der Waals surface area contributed by atoms with Gasteiger partial charge in [-0.3, -0.25) is 0 Å². The Balaban J connectivity index is 1.92. The van der Waals surface area contributed by atoms with Gasteiger partial charge in [0.05, 0.1) is 12.1 Å². The maximum Gasteiger partial charge on any atom is 0.416 e. The highest BCUT2D eigenvalue weighted by Crippen LogP contribution is 2.30. The lowest BCUT2D eigenvalue weighted by molar-refractivity contribution is -0.392. The Morgan fingerprint density at radius 3 is 2.76 bits per heavy atom. The van der Waals surface area contributed by atoms with Crippen LogP contribution in [0.3, 0.4) is 0 Å². The predicted octanol–water partition coefficient (Wildman–Crippen LogP) is 2.94. The number of imidazole rings is 1. The fourth-order valence-corrected chi connectivity index (χ4v) is 2.11. The summed E-state index contributed by atoms with van der Waals surface area (Å²) in [5.41, 5.74) is -0.896. The van der Waals surface area contributed by atoms with Crippen molar-refractivity contribution in [1.82, 2.24) is 14.9 Å². The zero-order valence-corrected chi connectivity index (χ0v) is 13.0. The van der Waals surface area contributed by atoms with E-state index in [4.69, 9.17) is 0 Å². The van der Waals surface area contributed by atoms with Crippen molar-refractivity contribution in [3.63, 3.8) is 0 Å². The number of benzene rings is 1. The molecule has 0 bridgehead atoms. The number of nitrogens with zero attached hydrogens (tertiary/aromatic N) is 3. The Morgan fingerprint density at radius 2 is 2.12 bits per heavy atom. The second-order valence-corrected chi connectivity index (χ2v) is 5.03. The number of hydrogen-bond donors (Lipinski definition) is 2. The molecule has 0 atom stereocenters. The summed E-state index contributed by atoms with van der Waals surface area (Å²) in [6.07, 6.45) is -3.40. The van der Waals surface area contributed by atoms with Crippen LogP contribution in [0.25, 0.3) is 0 Å². The first-order valence-electron chi connectivity index (χ1n) is 7.07. The van der Waals surface area contributed by atoms with Crippen LogP contribution in [-0.2, 0) is 12.7 Å². The topological polar surface area (TPSA) is 102 Å². The van der Waals surface area contributed by atoms with E-state index in [1.54, 1.807) is 6.92 Å². The monoisotopic (exact) mass is 357 g/mol. The maximum absolute atomic E-state index is 12.6. The van der Waals surface area contributed by atoms with E-state index >= 15 is 0 Å². The number of carbonyl (C=O) groups is 1. The molecular weight excluding hydrogens is 343 g/mol. The van der Waals surface area contributed by atoms with Gasteiger partial charge in [-0.2, -0.15) is 13.2 Å². The minimum atomic E-state index is -4.51. The number of amides is 2. The summed E-state index contributed by atoms with van der Waals surface area (Å²) in [4.78, 5) is 25.8. The molecule has 0 spiro atoms. The molecule has 11 heteroatoms. The molecule has 1 heterocycles. The van der Waals surface area contributed by atoms with Crippen LogP contribution in [0.4, 0.5) is 29.5 Å². The Labute approximate surface area is 139 Å². The Kier molecular flexibility index (Phi) is 5.25. The number of alkyl halides is 3. The van der Waals surface area contributed by atoms with Gasteiger partial charge in [-0.25, -0.2) is 14.3 Å². The molecule has 2 N–H and O–H groups in total. The van der Waals surface area contributed by atoms with Crippen molar-refractivity contribution in [2.75, 3.05) is 11.9 Å². The average molecular weight is 357 g/mol.